The molecule has 1 atom stereocenters. The SMILES string of the molecule is CN(C)c1ccc(C2C(=C([O-])c3ccc(Cl)cc3)C(=O)C(=O)N2CCC[NH+]2CCOCC2)cc1. The molecule has 2 aliphatic rings. The first kappa shape index (κ1) is 24.3. The predicted octanol–water partition coefficient (Wildman–Crippen LogP) is 0.935. The smallest absolute Gasteiger partial charge is 0.295 e. The summed E-state index contributed by atoms with van der Waals surface area (Å²) >= 11 is 5.98. The number of quaternary nitrogens is 1. The van der Waals surface area contributed by atoms with Gasteiger partial charge >= 0.3 is 0 Å². The van der Waals surface area contributed by atoms with Crippen molar-refractivity contribution in [2.24, 2.45) is 0 Å². The molecule has 34 heavy (non-hydrogen) atoms. The van der Waals surface area contributed by atoms with Crippen molar-refractivity contribution in [3.63, 3.8) is 0 Å². The van der Waals surface area contributed by atoms with E-state index in [1.54, 1.807) is 29.2 Å². The van der Waals surface area contributed by atoms with Gasteiger partial charge in [0.05, 0.1) is 25.8 Å². The number of carbonyl (C=O) groups excluding carboxylic acids is 2. The van der Waals surface area contributed by atoms with E-state index in [2.05, 4.69) is 0 Å². The Labute approximate surface area is 205 Å². The zero-order valence-electron chi connectivity index (χ0n) is 19.6. The molecule has 180 valence electrons. The van der Waals surface area contributed by atoms with Gasteiger partial charge in [0.25, 0.3) is 5.91 Å². The number of ether oxygens (including phenoxy) is 1. The van der Waals surface area contributed by atoms with E-state index >= 15 is 0 Å². The van der Waals surface area contributed by atoms with Gasteiger partial charge in [-0.05, 0) is 35.4 Å². The number of hydrogen-bond acceptors (Lipinski definition) is 5. The molecule has 2 aromatic rings. The predicted molar refractivity (Wildman–Crippen MR) is 130 cm³/mol. The largest absolute Gasteiger partial charge is 0.872 e. The van der Waals surface area contributed by atoms with Crippen molar-refractivity contribution in [2.75, 3.05) is 58.4 Å². The Balaban J connectivity index is 1.67. The highest BCUT2D eigenvalue weighted by Gasteiger charge is 2.44. The van der Waals surface area contributed by atoms with Crippen LogP contribution in [0.3, 0.4) is 0 Å². The minimum absolute atomic E-state index is 0.00337. The van der Waals surface area contributed by atoms with Crippen molar-refractivity contribution < 1.29 is 24.3 Å². The lowest BCUT2D eigenvalue weighted by Crippen LogP contribution is -3.14. The molecule has 2 heterocycles. The number of Topliss-reactive ketones (excluding diaryl/α,β-unsaturated/α-hetero) is 1. The maximum Gasteiger partial charge on any atom is 0.295 e. The van der Waals surface area contributed by atoms with E-state index in [9.17, 15) is 14.7 Å². The van der Waals surface area contributed by atoms with Crippen LogP contribution in [0.25, 0.3) is 5.76 Å². The number of ketones is 1. The van der Waals surface area contributed by atoms with Gasteiger partial charge in [-0.2, -0.15) is 0 Å². The molecule has 2 aliphatic heterocycles. The van der Waals surface area contributed by atoms with Crippen LogP contribution >= 0.6 is 11.6 Å². The molecule has 0 aromatic heterocycles. The quantitative estimate of drug-likeness (QED) is 0.360. The summed E-state index contributed by atoms with van der Waals surface area (Å²) in [5.74, 6) is -1.77. The van der Waals surface area contributed by atoms with Gasteiger partial charge in [0.2, 0.25) is 5.78 Å². The molecule has 2 aromatic carbocycles. The second kappa shape index (κ2) is 10.6. The molecule has 1 amide bonds. The van der Waals surface area contributed by atoms with Gasteiger partial charge in [-0.15, -0.1) is 0 Å². The monoisotopic (exact) mass is 483 g/mol. The minimum Gasteiger partial charge on any atom is -0.872 e. The van der Waals surface area contributed by atoms with Crippen LogP contribution < -0.4 is 14.9 Å². The molecular weight excluding hydrogens is 454 g/mol. The van der Waals surface area contributed by atoms with Crippen molar-refractivity contribution in [3.8, 4) is 0 Å². The number of likely N-dealkylation sites (tertiary alicyclic amines) is 1. The Morgan fingerprint density at radius 3 is 2.35 bits per heavy atom. The van der Waals surface area contributed by atoms with E-state index in [1.807, 2.05) is 43.3 Å². The number of halogens is 1. The highest BCUT2D eigenvalue weighted by atomic mass is 35.5. The zero-order chi connectivity index (χ0) is 24.2. The van der Waals surface area contributed by atoms with Crippen LogP contribution in [-0.2, 0) is 14.3 Å². The van der Waals surface area contributed by atoms with Crippen molar-refractivity contribution in [1.82, 2.24) is 4.90 Å². The number of anilines is 1. The van der Waals surface area contributed by atoms with Gasteiger partial charge in [-0.25, -0.2) is 0 Å². The second-order valence-electron chi connectivity index (χ2n) is 8.93. The minimum atomic E-state index is -0.722. The Kier molecular flexibility index (Phi) is 7.56. The van der Waals surface area contributed by atoms with E-state index in [1.165, 1.54) is 4.90 Å². The fraction of sp³-hybridized carbons (Fsp3) is 0.385. The van der Waals surface area contributed by atoms with Crippen LogP contribution in [-0.4, -0.2) is 70.1 Å². The van der Waals surface area contributed by atoms with Crippen LogP contribution in [0, 0.1) is 0 Å². The number of benzene rings is 2. The molecule has 4 rings (SSSR count). The van der Waals surface area contributed by atoms with E-state index in [4.69, 9.17) is 16.3 Å². The molecule has 1 unspecified atom stereocenters. The average Bonchev–Trinajstić information content (AvgIpc) is 3.10. The summed E-state index contributed by atoms with van der Waals surface area (Å²) in [6, 6.07) is 13.3. The Morgan fingerprint density at radius 1 is 1.09 bits per heavy atom. The van der Waals surface area contributed by atoms with Crippen LogP contribution in [0.1, 0.15) is 23.6 Å². The van der Waals surface area contributed by atoms with Gasteiger partial charge in [-0.3, -0.25) is 9.59 Å². The number of carbonyl (C=O) groups is 2. The molecule has 0 aliphatic carbocycles. The maximum absolute atomic E-state index is 13.4. The van der Waals surface area contributed by atoms with E-state index in [0.717, 1.165) is 50.5 Å². The number of rotatable bonds is 7. The highest BCUT2D eigenvalue weighted by molar-refractivity contribution is 6.46. The molecule has 1 N–H and O–H groups in total. The second-order valence-corrected chi connectivity index (χ2v) is 9.37. The normalized spacial score (nSPS) is 20.7. The molecule has 0 saturated carbocycles. The third-order valence-electron chi connectivity index (χ3n) is 6.49. The lowest BCUT2D eigenvalue weighted by Gasteiger charge is -2.29. The van der Waals surface area contributed by atoms with Gasteiger partial charge < -0.3 is 24.5 Å². The van der Waals surface area contributed by atoms with E-state index in [-0.39, 0.29) is 5.57 Å². The number of hydrogen-bond donors (Lipinski definition) is 1. The molecule has 0 spiro atoms. The van der Waals surface area contributed by atoms with Gasteiger partial charge in [0.1, 0.15) is 13.1 Å². The summed E-state index contributed by atoms with van der Waals surface area (Å²) < 4.78 is 5.42. The highest BCUT2D eigenvalue weighted by Crippen LogP contribution is 2.39. The summed E-state index contributed by atoms with van der Waals surface area (Å²) in [6.07, 6.45) is 0.739. The van der Waals surface area contributed by atoms with Gasteiger partial charge in [0, 0.05) is 43.3 Å². The summed E-state index contributed by atoms with van der Waals surface area (Å²) in [5, 5.41) is 13.9. The molecule has 0 radical (unpaired) electrons. The summed E-state index contributed by atoms with van der Waals surface area (Å²) in [7, 11) is 3.89. The van der Waals surface area contributed by atoms with Crippen LogP contribution in [0.2, 0.25) is 5.02 Å². The van der Waals surface area contributed by atoms with Crippen molar-refractivity contribution >= 4 is 34.7 Å². The molecule has 8 heteroatoms. The Bertz CT molecular complexity index is 1060. The number of amides is 1. The topological polar surface area (TPSA) is 77.4 Å². The summed E-state index contributed by atoms with van der Waals surface area (Å²) in [6.45, 7) is 4.65. The first-order valence-corrected chi connectivity index (χ1v) is 12.0. The van der Waals surface area contributed by atoms with Crippen molar-refractivity contribution in [2.45, 2.75) is 12.5 Å². The molecular formula is C26H30ClN3O4. The summed E-state index contributed by atoms with van der Waals surface area (Å²) in [4.78, 5) is 31.2. The third-order valence-corrected chi connectivity index (χ3v) is 6.74. The van der Waals surface area contributed by atoms with Crippen LogP contribution in [0.5, 0.6) is 0 Å². The summed E-state index contributed by atoms with van der Waals surface area (Å²) in [5.41, 5.74) is 2.09. The lowest BCUT2D eigenvalue weighted by molar-refractivity contribution is -0.908. The van der Waals surface area contributed by atoms with Crippen LogP contribution in [0.15, 0.2) is 54.1 Å². The molecule has 7 nitrogen and oxygen atoms in total. The first-order chi connectivity index (χ1) is 16.4. The fourth-order valence-electron chi connectivity index (χ4n) is 4.57. The fourth-order valence-corrected chi connectivity index (χ4v) is 4.69. The van der Waals surface area contributed by atoms with Gasteiger partial charge in [-0.1, -0.05) is 41.6 Å². The number of morpholine rings is 1. The van der Waals surface area contributed by atoms with Gasteiger partial charge in [0.15, 0.2) is 0 Å². The maximum atomic E-state index is 13.4. The number of nitrogens with zero attached hydrogens (tertiary/aromatic N) is 2. The Hall–Kier alpha value is -2.87. The Morgan fingerprint density at radius 2 is 1.74 bits per heavy atom. The van der Waals surface area contributed by atoms with E-state index in [0.29, 0.717) is 17.1 Å². The standard InChI is InChI=1S/C26H30ClN3O4/c1-28(2)21-10-6-18(7-11-21)23-22(24(31)19-4-8-20(27)9-5-19)25(32)26(33)30(23)13-3-12-29-14-16-34-17-15-29/h4-11,23,31H,3,12-17H2,1-2H3. The third kappa shape index (κ3) is 5.12. The first-order valence-electron chi connectivity index (χ1n) is 11.6. The average molecular weight is 484 g/mol. The number of nitrogens with one attached hydrogen (secondary N) is 1. The van der Waals surface area contributed by atoms with E-state index < -0.39 is 23.5 Å². The molecule has 2 fully saturated rings. The van der Waals surface area contributed by atoms with Crippen molar-refractivity contribution in [3.05, 3.63) is 70.3 Å². The van der Waals surface area contributed by atoms with Crippen LogP contribution in [0.4, 0.5) is 5.69 Å². The zero-order valence-corrected chi connectivity index (χ0v) is 20.3. The van der Waals surface area contributed by atoms with Crippen molar-refractivity contribution in [1.29, 1.82) is 0 Å². The lowest BCUT2D eigenvalue weighted by atomic mass is 9.95. The molecule has 2 saturated heterocycles. The molecule has 0 bridgehead atoms.